The third-order valence-electron chi connectivity index (χ3n) is 2.43. The molecule has 74 valence electrons. The van der Waals surface area contributed by atoms with Gasteiger partial charge in [0.1, 0.15) is 5.58 Å². The van der Waals surface area contributed by atoms with Crippen molar-refractivity contribution in [3.05, 3.63) is 46.4 Å². The van der Waals surface area contributed by atoms with Gasteiger partial charge < -0.3 is 4.42 Å². The Bertz CT molecular complexity index is 655. The number of hydrogen-bond acceptors (Lipinski definition) is 1. The van der Waals surface area contributed by atoms with Crippen LogP contribution in [0.1, 0.15) is 0 Å². The number of rotatable bonds is 0. The second kappa shape index (κ2) is 3.16. The van der Waals surface area contributed by atoms with Crippen molar-refractivity contribution in [2.24, 2.45) is 0 Å². The van der Waals surface area contributed by atoms with Crippen molar-refractivity contribution < 1.29 is 4.42 Å². The molecular formula is C12H6Cl2O. The van der Waals surface area contributed by atoms with E-state index in [1.165, 1.54) is 0 Å². The Hall–Kier alpha value is -1.18. The number of para-hydroxylation sites is 1. The monoisotopic (exact) mass is 236 g/mol. The Balaban J connectivity index is 2.66. The zero-order valence-corrected chi connectivity index (χ0v) is 9.14. The van der Waals surface area contributed by atoms with Crippen LogP contribution in [0.2, 0.25) is 10.0 Å². The topological polar surface area (TPSA) is 13.1 Å². The molecule has 0 unspecified atom stereocenters. The lowest BCUT2D eigenvalue weighted by molar-refractivity contribution is 0.669. The van der Waals surface area contributed by atoms with Gasteiger partial charge in [0.25, 0.3) is 0 Å². The smallest absolute Gasteiger partial charge is 0.155 e. The average molecular weight is 237 g/mol. The highest BCUT2D eigenvalue weighted by Crippen LogP contribution is 2.37. The van der Waals surface area contributed by atoms with Gasteiger partial charge in [-0.2, -0.15) is 0 Å². The molecule has 0 saturated carbocycles. The molecule has 3 aromatic rings. The van der Waals surface area contributed by atoms with Gasteiger partial charge in [-0.15, -0.1) is 0 Å². The van der Waals surface area contributed by atoms with Gasteiger partial charge >= 0.3 is 0 Å². The fraction of sp³-hybridized carbons (Fsp3) is 0. The van der Waals surface area contributed by atoms with Gasteiger partial charge in [-0.1, -0.05) is 41.4 Å². The molecule has 1 heterocycles. The summed E-state index contributed by atoms with van der Waals surface area (Å²) in [6.45, 7) is 0. The fourth-order valence-electron chi connectivity index (χ4n) is 1.76. The number of fused-ring (bicyclic) bond motifs is 3. The summed E-state index contributed by atoms with van der Waals surface area (Å²) in [5, 5.41) is 3.14. The van der Waals surface area contributed by atoms with E-state index in [4.69, 9.17) is 27.6 Å². The molecule has 0 aliphatic rings. The number of halogens is 2. The summed E-state index contributed by atoms with van der Waals surface area (Å²) in [5.74, 6) is 0. The first-order valence-corrected chi connectivity index (χ1v) is 5.28. The maximum atomic E-state index is 6.13. The van der Waals surface area contributed by atoms with Gasteiger partial charge in [-0.05, 0) is 18.2 Å². The molecule has 0 atom stereocenters. The fourth-order valence-corrected chi connectivity index (χ4v) is 2.20. The standard InChI is InChI=1S/C12H6Cl2O/c13-8-5-6-9(14)12-11(8)7-3-1-2-4-10(7)15-12/h1-6H. The quantitative estimate of drug-likeness (QED) is 0.542. The Kier molecular flexibility index (Phi) is 1.91. The Morgan fingerprint density at radius 3 is 2.47 bits per heavy atom. The molecule has 0 spiro atoms. The summed E-state index contributed by atoms with van der Waals surface area (Å²) in [7, 11) is 0. The molecular weight excluding hydrogens is 231 g/mol. The molecule has 0 fully saturated rings. The maximum absolute atomic E-state index is 6.13. The lowest BCUT2D eigenvalue weighted by Gasteiger charge is -1.94. The zero-order chi connectivity index (χ0) is 10.4. The molecule has 0 saturated heterocycles. The van der Waals surface area contributed by atoms with E-state index < -0.39 is 0 Å². The molecule has 0 N–H and O–H groups in total. The van der Waals surface area contributed by atoms with E-state index in [0.717, 1.165) is 16.4 Å². The molecule has 2 aromatic carbocycles. The van der Waals surface area contributed by atoms with Crippen molar-refractivity contribution >= 4 is 45.1 Å². The van der Waals surface area contributed by atoms with E-state index in [1.54, 1.807) is 12.1 Å². The van der Waals surface area contributed by atoms with Crippen molar-refractivity contribution in [3.63, 3.8) is 0 Å². The summed E-state index contributed by atoms with van der Waals surface area (Å²) >= 11 is 12.2. The van der Waals surface area contributed by atoms with Crippen LogP contribution in [0.3, 0.4) is 0 Å². The first-order chi connectivity index (χ1) is 7.27. The van der Waals surface area contributed by atoms with E-state index in [2.05, 4.69) is 0 Å². The van der Waals surface area contributed by atoms with E-state index in [-0.39, 0.29) is 0 Å². The second-order valence-electron chi connectivity index (χ2n) is 3.33. The minimum absolute atomic E-state index is 0.589. The minimum atomic E-state index is 0.589. The van der Waals surface area contributed by atoms with Crippen LogP contribution in [0.5, 0.6) is 0 Å². The highest BCUT2D eigenvalue weighted by molar-refractivity contribution is 6.41. The van der Waals surface area contributed by atoms with Gasteiger partial charge in [-0.3, -0.25) is 0 Å². The lowest BCUT2D eigenvalue weighted by Crippen LogP contribution is -1.70. The molecule has 0 aliphatic heterocycles. The van der Waals surface area contributed by atoms with E-state index in [9.17, 15) is 0 Å². The summed E-state index contributed by atoms with van der Waals surface area (Å²) in [4.78, 5) is 0. The highest BCUT2D eigenvalue weighted by Gasteiger charge is 2.12. The molecule has 0 radical (unpaired) electrons. The first-order valence-electron chi connectivity index (χ1n) is 4.52. The Morgan fingerprint density at radius 1 is 0.867 bits per heavy atom. The SMILES string of the molecule is Clc1ccc(Cl)c2c1oc1ccccc12. The van der Waals surface area contributed by atoms with Crippen LogP contribution < -0.4 is 0 Å². The molecule has 0 bridgehead atoms. The third-order valence-corrected chi connectivity index (χ3v) is 3.04. The third kappa shape index (κ3) is 1.24. The van der Waals surface area contributed by atoms with Crippen LogP contribution in [0, 0.1) is 0 Å². The Morgan fingerprint density at radius 2 is 1.60 bits per heavy atom. The molecule has 3 heteroatoms. The summed E-state index contributed by atoms with van der Waals surface area (Å²) in [6.07, 6.45) is 0. The molecule has 1 nitrogen and oxygen atoms in total. The average Bonchev–Trinajstić information content (AvgIpc) is 2.64. The van der Waals surface area contributed by atoms with E-state index >= 15 is 0 Å². The predicted molar refractivity (Wildman–Crippen MR) is 63.7 cm³/mol. The molecule has 3 rings (SSSR count). The molecule has 15 heavy (non-hydrogen) atoms. The molecule has 0 aliphatic carbocycles. The summed E-state index contributed by atoms with van der Waals surface area (Å²) in [5.41, 5.74) is 1.47. The van der Waals surface area contributed by atoms with Crippen molar-refractivity contribution in [2.75, 3.05) is 0 Å². The number of furan rings is 1. The van der Waals surface area contributed by atoms with Crippen LogP contribution in [-0.4, -0.2) is 0 Å². The predicted octanol–water partition coefficient (Wildman–Crippen LogP) is 4.89. The minimum Gasteiger partial charge on any atom is -0.454 e. The van der Waals surface area contributed by atoms with Crippen molar-refractivity contribution in [1.29, 1.82) is 0 Å². The zero-order valence-electron chi connectivity index (χ0n) is 7.63. The number of hydrogen-bond donors (Lipinski definition) is 0. The van der Waals surface area contributed by atoms with Crippen LogP contribution in [0.15, 0.2) is 40.8 Å². The van der Waals surface area contributed by atoms with Crippen molar-refractivity contribution in [2.45, 2.75) is 0 Å². The Labute approximate surface area is 96.2 Å². The van der Waals surface area contributed by atoms with Crippen LogP contribution >= 0.6 is 23.2 Å². The van der Waals surface area contributed by atoms with Crippen LogP contribution in [0.4, 0.5) is 0 Å². The first kappa shape index (κ1) is 9.08. The van der Waals surface area contributed by atoms with Gasteiger partial charge in [0.2, 0.25) is 0 Å². The van der Waals surface area contributed by atoms with Gasteiger partial charge in [0.05, 0.1) is 10.0 Å². The maximum Gasteiger partial charge on any atom is 0.155 e. The largest absolute Gasteiger partial charge is 0.454 e. The van der Waals surface area contributed by atoms with Crippen molar-refractivity contribution in [3.8, 4) is 0 Å². The van der Waals surface area contributed by atoms with Gasteiger partial charge in [0.15, 0.2) is 5.58 Å². The van der Waals surface area contributed by atoms with Crippen LogP contribution in [-0.2, 0) is 0 Å². The summed E-state index contributed by atoms with van der Waals surface area (Å²) in [6, 6.07) is 11.3. The van der Waals surface area contributed by atoms with E-state index in [1.807, 2.05) is 24.3 Å². The van der Waals surface area contributed by atoms with E-state index in [0.29, 0.717) is 15.6 Å². The van der Waals surface area contributed by atoms with Gasteiger partial charge in [-0.25, -0.2) is 0 Å². The lowest BCUT2D eigenvalue weighted by atomic mass is 10.1. The van der Waals surface area contributed by atoms with Crippen molar-refractivity contribution in [1.82, 2.24) is 0 Å². The molecule has 1 aromatic heterocycles. The normalized spacial score (nSPS) is 11.3. The van der Waals surface area contributed by atoms with Gasteiger partial charge in [0, 0.05) is 10.8 Å². The number of benzene rings is 2. The molecule has 0 amide bonds. The summed E-state index contributed by atoms with van der Waals surface area (Å²) < 4.78 is 5.65. The second-order valence-corrected chi connectivity index (χ2v) is 4.15. The highest BCUT2D eigenvalue weighted by atomic mass is 35.5. The van der Waals surface area contributed by atoms with Crippen LogP contribution in [0.25, 0.3) is 21.9 Å².